The maximum Gasteiger partial charge on any atom is 0.255 e. The molecule has 0 aromatic heterocycles. The number of carbonyl (C=O) groups is 3. The van der Waals surface area contributed by atoms with Crippen molar-refractivity contribution >= 4 is 29.3 Å². The highest BCUT2D eigenvalue weighted by Gasteiger charge is 2.64. The Morgan fingerprint density at radius 3 is 2.44 bits per heavy atom. The molecule has 0 aliphatic heterocycles. The summed E-state index contributed by atoms with van der Waals surface area (Å²) in [6.07, 6.45) is 2.59. The second-order valence-corrected chi connectivity index (χ2v) is 9.61. The fourth-order valence-electron chi connectivity index (χ4n) is 5.88. The van der Waals surface area contributed by atoms with Gasteiger partial charge in [-0.1, -0.05) is 30.7 Å². The summed E-state index contributed by atoms with van der Waals surface area (Å²) in [6.45, 7) is 1.70. The Morgan fingerprint density at radius 2 is 1.85 bits per heavy atom. The van der Waals surface area contributed by atoms with E-state index < -0.39 is 70.4 Å². The van der Waals surface area contributed by atoms with Gasteiger partial charge in [0, 0.05) is 29.4 Å². The third kappa shape index (κ3) is 2.71. The van der Waals surface area contributed by atoms with Crippen LogP contribution >= 0.6 is 0 Å². The molecule has 4 aliphatic carbocycles. The molecule has 5 atom stereocenters. The smallest absolute Gasteiger partial charge is 0.255 e. The number of phenolic OH excluding ortho intramolecular Hbond substituents is 1. The zero-order valence-corrected chi connectivity index (χ0v) is 18.4. The Morgan fingerprint density at radius 1 is 1.18 bits per heavy atom. The van der Waals surface area contributed by atoms with Gasteiger partial charge in [0.2, 0.25) is 5.78 Å². The predicted molar refractivity (Wildman–Crippen MR) is 119 cm³/mol. The lowest BCUT2D eigenvalue weighted by atomic mass is 9.55. The van der Waals surface area contributed by atoms with Crippen molar-refractivity contribution in [3.05, 3.63) is 51.3 Å². The number of nitrogens with two attached hydrogens (primary N) is 1. The maximum absolute atomic E-state index is 13.6. The molecule has 1 aromatic rings. The van der Waals surface area contributed by atoms with Crippen molar-refractivity contribution in [2.45, 2.75) is 50.2 Å². The first-order valence-corrected chi connectivity index (χ1v) is 11.2. The zero-order valence-electron chi connectivity index (χ0n) is 18.4. The fraction of sp³-hybridized carbons (Fsp3) is 0.400. The molecule has 0 spiro atoms. The summed E-state index contributed by atoms with van der Waals surface area (Å²) in [5.41, 5.74) is 3.20. The van der Waals surface area contributed by atoms with E-state index in [1.165, 1.54) is 0 Å². The molecular formula is C25H25NO8. The van der Waals surface area contributed by atoms with E-state index >= 15 is 0 Å². The van der Waals surface area contributed by atoms with Crippen molar-refractivity contribution in [3.8, 4) is 5.75 Å². The number of Topliss-reactive ketones (excluding diaryl/α,β-unsaturated/α-hetero) is 2. The van der Waals surface area contributed by atoms with Crippen LogP contribution in [-0.2, 0) is 14.4 Å². The van der Waals surface area contributed by atoms with Crippen molar-refractivity contribution in [1.82, 2.24) is 0 Å². The van der Waals surface area contributed by atoms with Crippen molar-refractivity contribution in [3.63, 3.8) is 0 Å². The van der Waals surface area contributed by atoms with Gasteiger partial charge >= 0.3 is 0 Å². The van der Waals surface area contributed by atoms with Gasteiger partial charge < -0.3 is 31.3 Å². The van der Waals surface area contributed by atoms with E-state index in [2.05, 4.69) is 0 Å². The monoisotopic (exact) mass is 467 g/mol. The molecule has 9 heteroatoms. The Bertz CT molecular complexity index is 1270. The number of benzene rings is 1. The van der Waals surface area contributed by atoms with Crippen LogP contribution in [0.2, 0.25) is 0 Å². The first-order valence-electron chi connectivity index (χ1n) is 11.2. The van der Waals surface area contributed by atoms with Crippen LogP contribution in [0.5, 0.6) is 5.75 Å². The van der Waals surface area contributed by atoms with Gasteiger partial charge in [0.1, 0.15) is 22.8 Å². The number of hydrogen-bond acceptors (Lipinski definition) is 8. The zero-order chi connectivity index (χ0) is 24.7. The van der Waals surface area contributed by atoms with Crippen LogP contribution in [0.3, 0.4) is 0 Å². The van der Waals surface area contributed by atoms with Gasteiger partial charge in [-0.15, -0.1) is 0 Å². The van der Waals surface area contributed by atoms with E-state index in [0.717, 1.165) is 24.8 Å². The Hall–Kier alpha value is -3.43. The number of fused-ring (bicyclic) bond motifs is 3. The van der Waals surface area contributed by atoms with Crippen LogP contribution in [0, 0.1) is 11.8 Å². The van der Waals surface area contributed by atoms with Crippen molar-refractivity contribution in [2.24, 2.45) is 17.6 Å². The van der Waals surface area contributed by atoms with Crippen molar-refractivity contribution < 1.29 is 39.9 Å². The van der Waals surface area contributed by atoms with E-state index in [9.17, 15) is 39.9 Å². The normalized spacial score (nSPS) is 32.6. The molecule has 7 N–H and O–H groups in total. The SMILES string of the molecule is CC1c2ccc(C=C3CCC3)c(O)c2C(O)=C2C(=O)C3(O)C(O)=C(C(N)=O)C(=O)CC3C(O)C21. The summed E-state index contributed by atoms with van der Waals surface area (Å²) >= 11 is 0. The largest absolute Gasteiger partial charge is 0.508 e. The number of amides is 1. The van der Waals surface area contributed by atoms with Crippen LogP contribution in [0.1, 0.15) is 55.2 Å². The minimum Gasteiger partial charge on any atom is -0.508 e. The molecule has 34 heavy (non-hydrogen) atoms. The highest BCUT2D eigenvalue weighted by atomic mass is 16.4. The standard InChI is InChI=1S/C25H25NO8/c1-9-12-6-5-11(7-10-3-2-4-10)19(28)16(12)21(30)18-15(9)20(29)13-8-14(27)17(24(26)33)22(31)25(13,34)23(18)32/h5-7,9,13,15,20,28-31,34H,2-4,8H2,1H3,(H2,26,33). The number of primary amides is 1. The lowest BCUT2D eigenvalue weighted by Crippen LogP contribution is -2.63. The number of ketones is 2. The molecule has 4 aliphatic rings. The van der Waals surface area contributed by atoms with E-state index in [1.54, 1.807) is 19.1 Å². The van der Waals surface area contributed by atoms with Crippen LogP contribution in [0.15, 0.2) is 34.6 Å². The Labute approximate surface area is 194 Å². The summed E-state index contributed by atoms with van der Waals surface area (Å²) in [5.74, 6) is -8.48. The van der Waals surface area contributed by atoms with Crippen molar-refractivity contribution in [2.75, 3.05) is 0 Å². The average Bonchev–Trinajstić information content (AvgIpc) is 2.74. The first kappa shape index (κ1) is 22.4. The number of phenols is 1. The highest BCUT2D eigenvalue weighted by Crippen LogP contribution is 2.56. The molecule has 178 valence electrons. The summed E-state index contributed by atoms with van der Waals surface area (Å²) in [6, 6.07) is 3.42. The minimum atomic E-state index is -2.82. The molecule has 5 unspecified atom stereocenters. The van der Waals surface area contributed by atoms with Crippen LogP contribution < -0.4 is 5.73 Å². The molecule has 2 saturated carbocycles. The van der Waals surface area contributed by atoms with Gasteiger partial charge in [0.05, 0.1) is 11.7 Å². The molecule has 0 radical (unpaired) electrons. The molecule has 0 bridgehead atoms. The van der Waals surface area contributed by atoms with Gasteiger partial charge in [-0.05, 0) is 30.7 Å². The average molecular weight is 467 g/mol. The van der Waals surface area contributed by atoms with E-state index in [4.69, 9.17) is 5.73 Å². The van der Waals surface area contributed by atoms with Gasteiger partial charge in [0.15, 0.2) is 11.4 Å². The first-order chi connectivity index (χ1) is 16.0. The van der Waals surface area contributed by atoms with Crippen LogP contribution in [0.4, 0.5) is 0 Å². The predicted octanol–water partition coefficient (Wildman–Crippen LogP) is 1.52. The summed E-state index contributed by atoms with van der Waals surface area (Å²) in [4.78, 5) is 37.8. The van der Waals surface area contributed by atoms with Crippen LogP contribution in [-0.4, -0.2) is 54.7 Å². The molecule has 1 aromatic carbocycles. The third-order valence-electron chi connectivity index (χ3n) is 7.89. The number of carbonyl (C=O) groups excluding carboxylic acids is 3. The van der Waals surface area contributed by atoms with Gasteiger partial charge in [-0.3, -0.25) is 14.4 Å². The molecule has 0 heterocycles. The molecule has 2 fully saturated rings. The highest BCUT2D eigenvalue weighted by molar-refractivity contribution is 6.23. The van der Waals surface area contributed by atoms with E-state index in [1.807, 2.05) is 6.08 Å². The molecule has 5 rings (SSSR count). The molecule has 1 amide bonds. The molecule has 0 saturated heterocycles. The Kier molecular flexibility index (Phi) is 4.79. The number of aliphatic hydroxyl groups is 4. The van der Waals surface area contributed by atoms with Crippen LogP contribution in [0.25, 0.3) is 11.8 Å². The quantitative estimate of drug-likeness (QED) is 0.354. The number of allylic oxidation sites excluding steroid dienone is 1. The summed E-state index contributed by atoms with van der Waals surface area (Å²) < 4.78 is 0. The topological polar surface area (TPSA) is 178 Å². The summed E-state index contributed by atoms with van der Waals surface area (Å²) in [7, 11) is 0. The second kappa shape index (κ2) is 7.28. The van der Waals surface area contributed by atoms with Crippen molar-refractivity contribution in [1.29, 1.82) is 0 Å². The van der Waals surface area contributed by atoms with Gasteiger partial charge in [-0.25, -0.2) is 0 Å². The van der Waals surface area contributed by atoms with E-state index in [0.29, 0.717) is 11.1 Å². The molecule has 9 nitrogen and oxygen atoms in total. The summed E-state index contributed by atoms with van der Waals surface area (Å²) in [5, 5.41) is 55.3. The fourth-order valence-corrected chi connectivity index (χ4v) is 5.88. The maximum atomic E-state index is 13.6. The Balaban J connectivity index is 1.73. The molecular weight excluding hydrogens is 442 g/mol. The minimum absolute atomic E-state index is 0.0144. The second-order valence-electron chi connectivity index (χ2n) is 9.61. The van der Waals surface area contributed by atoms with Gasteiger partial charge in [-0.2, -0.15) is 0 Å². The lowest BCUT2D eigenvalue weighted by Gasteiger charge is -2.50. The lowest BCUT2D eigenvalue weighted by molar-refractivity contribution is -0.160. The van der Waals surface area contributed by atoms with E-state index in [-0.39, 0.29) is 16.9 Å². The number of rotatable bonds is 2. The third-order valence-corrected chi connectivity index (χ3v) is 7.89. The van der Waals surface area contributed by atoms with Gasteiger partial charge in [0.25, 0.3) is 5.91 Å². The number of hydrogen-bond donors (Lipinski definition) is 6. The number of aliphatic hydroxyl groups excluding tert-OH is 3. The number of aromatic hydroxyl groups is 1.